The number of rotatable bonds is 14. The van der Waals surface area contributed by atoms with Gasteiger partial charge in [0, 0.05) is 34.5 Å². The van der Waals surface area contributed by atoms with E-state index in [1.807, 2.05) is 108 Å². The van der Waals surface area contributed by atoms with Crippen molar-refractivity contribution in [1.82, 2.24) is 15.0 Å². The van der Waals surface area contributed by atoms with E-state index >= 15 is 0 Å². The average molecular weight is 1200 g/mol. The smallest absolute Gasteiger partial charge is 0.333 e. The summed E-state index contributed by atoms with van der Waals surface area (Å²) in [5.74, 6) is -0.332. The zero-order chi connectivity index (χ0) is 65.9. The first-order valence-corrected chi connectivity index (χ1v) is 31.1. The zero-order valence-electron chi connectivity index (χ0n) is 55.0. The molecule has 1 aromatic heterocycles. The number of aromatic nitrogens is 3. The standard InChI is InChI=1S/C78H86N10O2/c1-50(2)74(89)90-25-23-21-19-17-15-16-18-20-22-24-88-49-71(86-87-88)59-30-51-26-55(38-59)60(44-79)31-52-27-56(39-64(35-52)75(3,4)5)61(45-80)32-53-28-57(40-65(36-53)76(6,7)8)62(46-81)33-54-29-58(41-66(37-54)77(9,10)11)70(48-83)73(85)69-43-67(78(12,13)14)42-68(72(69)84)63(34-51)47-82/h26-43,49H,1,15-25,84-85H2,2-14H3/b60-31+,61-32+,62-33+,63-34?,73-70-. The Kier molecular flexibility index (Phi) is 21.5. The fourth-order valence-corrected chi connectivity index (χ4v) is 10.8. The molecule has 0 amide bonds. The number of anilines is 1. The molecule has 0 atom stereocenters. The second-order valence-electron chi connectivity index (χ2n) is 27.9. The number of unbranched alkanes of at least 4 members (excludes halogenated alkanes) is 8. The summed E-state index contributed by atoms with van der Waals surface area (Å²) in [5.41, 5.74) is 25.9. The number of nitrogens with zero attached hydrogens (tertiary/aromatic N) is 8. The summed E-state index contributed by atoms with van der Waals surface area (Å²) in [7, 11) is 0. The van der Waals surface area contributed by atoms with E-state index in [0.717, 1.165) is 85.6 Å². The number of esters is 1. The monoisotopic (exact) mass is 1190 g/mol. The molecule has 12 heteroatoms. The number of carbonyl (C=O) groups is 1. The first kappa shape index (κ1) is 67.7. The highest BCUT2D eigenvalue weighted by molar-refractivity contribution is 6.04. The SMILES string of the molecule is C=C(C)C(=O)OCCCCCCCCCCCn1cc(-c2cc3cc(c2)/C(C#N)=C/c2cc(cc(C(C)(C)C)c2)/C(C#N)=C/c2cc(cc(C(C)(C)C)c2)/C(C#N)=C/c2cc(cc(C(C)(C)C)c2)/C(C#N)=C(\N)c2cc(C(C)(C)C)cc(c2N)C(C#N)=C3)nn1. The number of ether oxygens (including phenoxy) is 1. The number of carbonyl (C=O) groups excluding carboxylic acids is 1. The van der Waals surface area contributed by atoms with E-state index < -0.39 is 10.8 Å². The molecule has 0 saturated heterocycles. The van der Waals surface area contributed by atoms with Gasteiger partial charge in [0.1, 0.15) is 11.8 Å². The quantitative estimate of drug-likeness (QED) is 0.0451. The van der Waals surface area contributed by atoms with Crippen molar-refractivity contribution in [2.24, 2.45) is 5.73 Å². The van der Waals surface area contributed by atoms with Crippen LogP contribution in [0, 0.1) is 56.7 Å². The number of fused-ring (bicyclic) bond motifs is 10. The van der Waals surface area contributed by atoms with Crippen LogP contribution in [0.2, 0.25) is 0 Å². The van der Waals surface area contributed by atoms with Crippen molar-refractivity contribution in [3.05, 3.63) is 181 Å². The lowest BCUT2D eigenvalue weighted by molar-refractivity contribution is -0.139. The summed E-state index contributed by atoms with van der Waals surface area (Å²) >= 11 is 0. The van der Waals surface area contributed by atoms with Gasteiger partial charge in [0.25, 0.3) is 0 Å². The van der Waals surface area contributed by atoms with Crippen molar-refractivity contribution < 1.29 is 9.53 Å². The summed E-state index contributed by atoms with van der Waals surface area (Å²) in [5, 5.41) is 65.2. The van der Waals surface area contributed by atoms with Crippen LogP contribution in [0.3, 0.4) is 0 Å². The lowest BCUT2D eigenvalue weighted by Gasteiger charge is -2.24. The lowest BCUT2D eigenvalue weighted by Crippen LogP contribution is -2.15. The van der Waals surface area contributed by atoms with Crippen LogP contribution in [0.4, 0.5) is 5.69 Å². The van der Waals surface area contributed by atoms with Gasteiger partial charge in [-0.25, -0.2) is 4.79 Å². The van der Waals surface area contributed by atoms with Gasteiger partial charge in [-0.15, -0.1) is 5.10 Å². The Morgan fingerprint density at radius 1 is 0.478 bits per heavy atom. The van der Waals surface area contributed by atoms with Crippen molar-refractivity contribution in [3.63, 3.8) is 0 Å². The van der Waals surface area contributed by atoms with Crippen molar-refractivity contribution in [2.45, 2.75) is 176 Å². The Morgan fingerprint density at radius 2 is 0.856 bits per heavy atom. The van der Waals surface area contributed by atoms with Gasteiger partial charge in [-0.3, -0.25) is 4.68 Å². The Hall–Kier alpha value is -9.80. The number of nitrogen functional groups attached to an aromatic ring is 1. The minimum Gasteiger partial charge on any atom is -0.462 e. The molecule has 1 aliphatic carbocycles. The zero-order valence-corrected chi connectivity index (χ0v) is 55.0. The fourth-order valence-electron chi connectivity index (χ4n) is 10.8. The molecule has 5 aromatic carbocycles. The van der Waals surface area contributed by atoms with Crippen LogP contribution in [0.25, 0.3) is 69.1 Å². The third kappa shape index (κ3) is 17.3. The summed E-state index contributed by atoms with van der Waals surface area (Å²) in [6.45, 7) is 31.5. The van der Waals surface area contributed by atoms with Crippen LogP contribution < -0.4 is 11.5 Å². The average Bonchev–Trinajstić information content (AvgIpc) is 1.08. The minimum atomic E-state index is -0.473. The number of hydrogen-bond donors (Lipinski definition) is 2. The Balaban J connectivity index is 1.43. The van der Waals surface area contributed by atoms with Crippen LogP contribution >= 0.6 is 0 Å². The molecule has 0 aliphatic heterocycles. The molecule has 1 heterocycles. The molecule has 4 N–H and O–H groups in total. The molecular formula is C78H86N10O2. The van der Waals surface area contributed by atoms with Gasteiger partial charge < -0.3 is 16.2 Å². The maximum Gasteiger partial charge on any atom is 0.333 e. The highest BCUT2D eigenvalue weighted by Crippen LogP contribution is 2.40. The number of allylic oxidation sites excluding steroid dienone is 5. The molecule has 1 aliphatic rings. The van der Waals surface area contributed by atoms with E-state index in [1.165, 1.54) is 0 Å². The molecule has 7 rings (SSSR count). The van der Waals surface area contributed by atoms with E-state index in [2.05, 4.69) is 136 Å². The summed E-state index contributed by atoms with van der Waals surface area (Å²) < 4.78 is 7.06. The Morgan fingerprint density at radius 3 is 1.30 bits per heavy atom. The van der Waals surface area contributed by atoms with Gasteiger partial charge >= 0.3 is 5.97 Å². The van der Waals surface area contributed by atoms with E-state index in [9.17, 15) is 31.1 Å². The van der Waals surface area contributed by atoms with Gasteiger partial charge in [-0.2, -0.15) is 26.3 Å². The summed E-state index contributed by atoms with van der Waals surface area (Å²) in [6, 6.07) is 39.7. The normalized spacial score (nSPS) is 15.6. The van der Waals surface area contributed by atoms with Crippen LogP contribution in [-0.2, 0) is 37.7 Å². The molecule has 0 fully saturated rings. The highest BCUT2D eigenvalue weighted by atomic mass is 16.5. The largest absolute Gasteiger partial charge is 0.462 e. The van der Waals surface area contributed by atoms with Gasteiger partial charge in [-0.1, -0.05) is 158 Å². The van der Waals surface area contributed by atoms with Crippen molar-refractivity contribution in [1.29, 1.82) is 26.3 Å². The van der Waals surface area contributed by atoms with Crippen LogP contribution in [0.1, 0.15) is 226 Å². The first-order chi connectivity index (χ1) is 42.4. The number of nitriles is 5. The predicted molar refractivity (Wildman–Crippen MR) is 368 cm³/mol. The molecule has 12 nitrogen and oxygen atoms in total. The molecule has 460 valence electrons. The second kappa shape index (κ2) is 28.6. The summed E-state index contributed by atoms with van der Waals surface area (Å²) in [4.78, 5) is 11.6. The Labute approximate surface area is 534 Å². The minimum absolute atomic E-state index is 0.118. The molecule has 0 saturated carbocycles. The van der Waals surface area contributed by atoms with E-state index in [-0.39, 0.29) is 39.3 Å². The second-order valence-corrected chi connectivity index (χ2v) is 27.9. The molecule has 6 aromatic rings. The molecule has 10 bridgehead atoms. The summed E-state index contributed by atoms with van der Waals surface area (Å²) in [6.07, 6.45) is 18.6. The van der Waals surface area contributed by atoms with Gasteiger partial charge in [0.05, 0.1) is 70.6 Å². The molecular weight excluding hydrogens is 1110 g/mol. The number of aryl methyl sites for hydroxylation is 1. The van der Waals surface area contributed by atoms with Crippen molar-refractivity contribution >= 4 is 69.5 Å². The lowest BCUT2D eigenvalue weighted by atomic mass is 9.81. The maximum atomic E-state index is 11.6. The van der Waals surface area contributed by atoms with Gasteiger partial charge in [0.15, 0.2) is 0 Å². The first-order valence-electron chi connectivity index (χ1n) is 31.1. The third-order valence-corrected chi connectivity index (χ3v) is 16.3. The predicted octanol–water partition coefficient (Wildman–Crippen LogP) is 18.3. The number of benzene rings is 5. The van der Waals surface area contributed by atoms with E-state index in [0.29, 0.717) is 96.8 Å². The maximum absolute atomic E-state index is 11.6. The van der Waals surface area contributed by atoms with E-state index in [4.69, 9.17) is 16.2 Å². The topological polar surface area (TPSA) is 228 Å². The number of nitrogens with two attached hydrogens (primary N) is 2. The van der Waals surface area contributed by atoms with Crippen LogP contribution in [0.5, 0.6) is 0 Å². The van der Waals surface area contributed by atoms with Crippen molar-refractivity contribution in [2.75, 3.05) is 12.3 Å². The van der Waals surface area contributed by atoms with Gasteiger partial charge in [0.2, 0.25) is 0 Å². The highest BCUT2D eigenvalue weighted by Gasteiger charge is 2.26. The van der Waals surface area contributed by atoms with Gasteiger partial charge in [-0.05, 0) is 199 Å². The molecule has 90 heavy (non-hydrogen) atoms. The molecule has 0 radical (unpaired) electrons. The molecule has 0 unspecified atom stereocenters. The fraction of sp³-hybridized carbons (Fsp3) is 0.359. The van der Waals surface area contributed by atoms with Crippen molar-refractivity contribution in [3.8, 4) is 41.6 Å². The van der Waals surface area contributed by atoms with Crippen LogP contribution in [0.15, 0.2) is 103 Å². The number of hydrogen-bond acceptors (Lipinski definition) is 11. The molecule has 0 spiro atoms. The van der Waals surface area contributed by atoms with E-state index in [1.54, 1.807) is 13.0 Å². The Bertz CT molecular complexity index is 4130. The van der Waals surface area contributed by atoms with Crippen LogP contribution in [-0.4, -0.2) is 27.6 Å². The third-order valence-electron chi connectivity index (χ3n) is 16.3.